The van der Waals surface area contributed by atoms with E-state index in [9.17, 15) is 28.8 Å². The van der Waals surface area contributed by atoms with Gasteiger partial charge >= 0.3 is 0 Å². The molecule has 5 heterocycles. The molecule has 5 aromatic rings. The Labute approximate surface area is 362 Å². The van der Waals surface area contributed by atoms with E-state index < -0.39 is 35.6 Å². The van der Waals surface area contributed by atoms with Crippen molar-refractivity contribution >= 4 is 64.1 Å². The second kappa shape index (κ2) is 19.7. The molecule has 63 heavy (non-hydrogen) atoms. The number of pyridine rings is 1. The minimum absolute atomic E-state index is 0.0525. The lowest BCUT2D eigenvalue weighted by molar-refractivity contribution is -0.136. The van der Waals surface area contributed by atoms with Crippen LogP contribution in [0.4, 0.5) is 28.7 Å². The predicted octanol–water partition coefficient (Wildman–Crippen LogP) is 4.11. The molecule has 6 amide bonds. The molecule has 3 aromatic heterocycles. The van der Waals surface area contributed by atoms with Crippen molar-refractivity contribution in [2.24, 2.45) is 7.05 Å². The van der Waals surface area contributed by atoms with E-state index in [0.29, 0.717) is 64.5 Å². The Morgan fingerprint density at radius 2 is 1.59 bits per heavy atom. The van der Waals surface area contributed by atoms with Gasteiger partial charge in [0.15, 0.2) is 23.1 Å². The zero-order valence-corrected chi connectivity index (χ0v) is 35.0. The fourth-order valence-corrected chi connectivity index (χ4v) is 7.28. The molecular weight excluding hydrogens is 811 g/mol. The van der Waals surface area contributed by atoms with Gasteiger partial charge in [0.1, 0.15) is 18.2 Å². The minimum atomic E-state index is -0.994. The Morgan fingerprint density at radius 3 is 2.30 bits per heavy atom. The molecule has 0 bridgehead atoms. The van der Waals surface area contributed by atoms with Crippen molar-refractivity contribution in [1.82, 2.24) is 50.8 Å². The lowest BCUT2D eigenvalue weighted by Gasteiger charge is -2.27. The molecule has 0 spiro atoms. The number of methoxy groups -OCH3 is 1. The van der Waals surface area contributed by atoms with Gasteiger partial charge in [0, 0.05) is 51.6 Å². The number of carbonyl (C=O) groups is 6. The average molecular weight is 858 g/mol. The molecule has 1 unspecified atom stereocenters. The van der Waals surface area contributed by atoms with E-state index in [2.05, 4.69) is 57.2 Å². The Bertz CT molecular complexity index is 2540. The smallest absolute Gasteiger partial charge is 0.273 e. The Morgan fingerprint density at radius 1 is 0.810 bits per heavy atom. The molecule has 6 N–H and O–H groups in total. The number of hydrogen-bond donors (Lipinski definition) is 6. The second-order valence-corrected chi connectivity index (χ2v) is 14.9. The van der Waals surface area contributed by atoms with Crippen molar-refractivity contribution in [2.45, 2.75) is 57.4 Å². The monoisotopic (exact) mass is 857 g/mol. The summed E-state index contributed by atoms with van der Waals surface area (Å²) in [5.74, 6) is -1.15. The van der Waals surface area contributed by atoms with E-state index in [-0.39, 0.29) is 35.6 Å². The van der Waals surface area contributed by atoms with E-state index in [1.165, 1.54) is 20.4 Å². The van der Waals surface area contributed by atoms with Crippen LogP contribution >= 0.6 is 0 Å². The third-order valence-corrected chi connectivity index (χ3v) is 10.5. The van der Waals surface area contributed by atoms with E-state index in [1.807, 2.05) is 12.1 Å². The van der Waals surface area contributed by atoms with Crippen LogP contribution in [-0.2, 0) is 16.6 Å². The van der Waals surface area contributed by atoms with Crippen LogP contribution in [0.1, 0.15) is 92.9 Å². The highest BCUT2D eigenvalue weighted by atomic mass is 16.5. The first kappa shape index (κ1) is 43.3. The van der Waals surface area contributed by atoms with Crippen molar-refractivity contribution < 1.29 is 33.5 Å². The summed E-state index contributed by atoms with van der Waals surface area (Å²) in [6.07, 6.45) is 8.95. The van der Waals surface area contributed by atoms with E-state index in [1.54, 1.807) is 60.5 Å². The number of piperidine rings is 1. The molecule has 0 aliphatic carbocycles. The average Bonchev–Trinajstić information content (AvgIpc) is 3.83. The van der Waals surface area contributed by atoms with E-state index in [4.69, 9.17) is 4.74 Å². The van der Waals surface area contributed by atoms with Crippen LogP contribution in [0.5, 0.6) is 5.75 Å². The number of imide groups is 2. The maximum Gasteiger partial charge on any atom is 0.273 e. The van der Waals surface area contributed by atoms with Gasteiger partial charge in [0.2, 0.25) is 11.8 Å². The fourth-order valence-electron chi connectivity index (χ4n) is 7.28. The van der Waals surface area contributed by atoms with Crippen molar-refractivity contribution in [2.75, 3.05) is 43.2 Å². The van der Waals surface area contributed by atoms with Crippen molar-refractivity contribution in [3.8, 4) is 17.1 Å². The van der Waals surface area contributed by atoms with Crippen LogP contribution in [0.25, 0.3) is 11.4 Å². The number of hydrogen-bond acceptors (Lipinski definition) is 15. The number of amides is 6. The van der Waals surface area contributed by atoms with Gasteiger partial charge in [0.05, 0.1) is 40.7 Å². The van der Waals surface area contributed by atoms with Crippen LogP contribution < -0.4 is 36.6 Å². The molecule has 7 rings (SSSR count). The molecule has 2 aliphatic rings. The molecular formula is C43H47N13O7. The van der Waals surface area contributed by atoms with Gasteiger partial charge < -0.3 is 31.3 Å². The van der Waals surface area contributed by atoms with Crippen molar-refractivity contribution in [3.05, 3.63) is 89.5 Å². The first-order chi connectivity index (χ1) is 30.5. The maximum absolute atomic E-state index is 13.1. The highest BCUT2D eigenvalue weighted by Crippen LogP contribution is 2.37. The molecule has 0 saturated carbocycles. The lowest BCUT2D eigenvalue weighted by Crippen LogP contribution is -2.54. The number of ether oxygens (including phenoxy) is 1. The molecule has 2 aliphatic heterocycles. The number of nitrogens with one attached hydrogen (secondary N) is 6. The van der Waals surface area contributed by atoms with Gasteiger partial charge in [-0.1, -0.05) is 31.7 Å². The molecule has 1 fully saturated rings. The predicted molar refractivity (Wildman–Crippen MR) is 231 cm³/mol. The van der Waals surface area contributed by atoms with E-state index >= 15 is 0 Å². The summed E-state index contributed by atoms with van der Waals surface area (Å²) >= 11 is 0. The van der Waals surface area contributed by atoms with Crippen LogP contribution in [0.2, 0.25) is 0 Å². The number of unbranched alkanes of at least 4 members (excludes halogenated alkanes) is 5. The Hall–Kier alpha value is -7.77. The second-order valence-electron chi connectivity index (χ2n) is 14.9. The van der Waals surface area contributed by atoms with Crippen LogP contribution in [0, 0.1) is 0 Å². The largest absolute Gasteiger partial charge is 0.494 e. The Kier molecular flexibility index (Phi) is 13.6. The molecule has 0 radical (unpaired) electrons. The highest BCUT2D eigenvalue weighted by Gasteiger charge is 2.44. The van der Waals surface area contributed by atoms with Crippen LogP contribution in [-0.4, -0.2) is 104 Å². The van der Waals surface area contributed by atoms with Crippen molar-refractivity contribution in [3.63, 3.8) is 0 Å². The first-order valence-corrected chi connectivity index (χ1v) is 20.5. The Balaban J connectivity index is 0.819. The summed E-state index contributed by atoms with van der Waals surface area (Å²) in [6, 6.07) is 14.3. The zero-order chi connectivity index (χ0) is 44.5. The fraction of sp³-hybridized carbons (Fsp3) is 0.326. The standard InChI is InChI=1S/C43H47N13O7/c1-44-41(60)36-31(49-30-12-10-11-28(37(30)63-3)38-48-24-55(2)54-38)22-34(52-53-36)50-33-17-13-25(23-47-33)39(58)46-20-9-7-5-4-6-8-19-45-26-14-15-27-29(21-26)43(62)56(42(27)61)32-16-18-35(57)51-40(32)59/h10-15,17,21-24,32,45H,4-9,16,18-20H2,1-3H3,(H,44,60)(H,46,58)(H,51,57,59)(H2,47,49,50,52). The number of aromatic nitrogens is 6. The number of aryl methyl sites for hydroxylation is 1. The molecule has 20 nitrogen and oxygen atoms in total. The normalized spacial score (nSPS) is 14.5. The number of rotatable bonds is 19. The highest BCUT2D eigenvalue weighted by molar-refractivity contribution is 6.23. The van der Waals surface area contributed by atoms with Gasteiger partial charge in [-0.15, -0.1) is 10.2 Å². The zero-order valence-electron chi connectivity index (χ0n) is 35.0. The van der Waals surface area contributed by atoms with Crippen LogP contribution in [0.3, 0.4) is 0 Å². The molecule has 1 atom stereocenters. The van der Waals surface area contributed by atoms with E-state index in [0.717, 1.165) is 43.4 Å². The number of carbonyl (C=O) groups excluding carboxylic acids is 6. The number of nitrogens with zero attached hydrogens (tertiary/aromatic N) is 7. The minimum Gasteiger partial charge on any atom is -0.494 e. The number of fused-ring (bicyclic) bond motifs is 1. The summed E-state index contributed by atoms with van der Waals surface area (Å²) in [6.45, 7) is 1.21. The van der Waals surface area contributed by atoms with Gasteiger partial charge in [0.25, 0.3) is 23.6 Å². The topological polar surface area (TPSA) is 256 Å². The SMILES string of the molecule is CNC(=O)c1nnc(Nc2ccc(C(=O)NCCCCCCCCNc3ccc4c(c3)C(=O)N(C3CCC(=O)NC3=O)C4=O)cn2)cc1Nc1cccc(-c2ncn(C)n2)c1OC. The third kappa shape index (κ3) is 10.1. The lowest BCUT2D eigenvalue weighted by atomic mass is 10.0. The van der Waals surface area contributed by atoms with Gasteiger partial charge in [-0.25, -0.2) is 9.97 Å². The van der Waals surface area contributed by atoms with Crippen molar-refractivity contribution in [1.29, 1.82) is 0 Å². The van der Waals surface area contributed by atoms with Gasteiger partial charge in [-0.05, 0) is 61.7 Å². The molecule has 20 heteroatoms. The summed E-state index contributed by atoms with van der Waals surface area (Å²) in [5, 5.41) is 30.1. The first-order valence-electron chi connectivity index (χ1n) is 20.5. The molecule has 2 aromatic carbocycles. The molecule has 326 valence electrons. The van der Waals surface area contributed by atoms with Gasteiger partial charge in [-0.2, -0.15) is 5.10 Å². The quantitative estimate of drug-likeness (QED) is 0.0505. The summed E-state index contributed by atoms with van der Waals surface area (Å²) in [4.78, 5) is 85.1. The number of benzene rings is 2. The van der Waals surface area contributed by atoms with Crippen LogP contribution in [0.15, 0.2) is 67.1 Å². The summed E-state index contributed by atoms with van der Waals surface area (Å²) in [5.41, 5.74) is 3.20. The van der Waals surface area contributed by atoms with Gasteiger partial charge in [-0.3, -0.25) is 43.7 Å². The number of anilines is 5. The molecule has 1 saturated heterocycles. The third-order valence-electron chi connectivity index (χ3n) is 10.5. The number of para-hydroxylation sites is 1. The maximum atomic E-state index is 13.1. The summed E-state index contributed by atoms with van der Waals surface area (Å²) in [7, 11) is 4.80. The summed E-state index contributed by atoms with van der Waals surface area (Å²) < 4.78 is 7.31.